The van der Waals surface area contributed by atoms with Gasteiger partial charge in [-0.1, -0.05) is 25.1 Å². The highest BCUT2D eigenvalue weighted by Crippen LogP contribution is 2.28. The largest absolute Gasteiger partial charge is 0.347 e. The second kappa shape index (κ2) is 7.68. The molecular formula is C19H25N3O3. The van der Waals surface area contributed by atoms with Crippen LogP contribution < -0.4 is 10.2 Å². The van der Waals surface area contributed by atoms with Crippen molar-refractivity contribution >= 4 is 23.4 Å². The lowest BCUT2D eigenvalue weighted by molar-refractivity contribution is -0.133. The van der Waals surface area contributed by atoms with Crippen molar-refractivity contribution in [1.29, 1.82) is 0 Å². The maximum Gasteiger partial charge on any atom is 0.241 e. The van der Waals surface area contributed by atoms with Gasteiger partial charge < -0.3 is 15.1 Å². The highest BCUT2D eigenvalue weighted by Gasteiger charge is 2.36. The average Bonchev–Trinajstić information content (AvgIpc) is 3.29. The molecule has 1 N–H and O–H groups in total. The molecule has 2 fully saturated rings. The van der Waals surface area contributed by atoms with Gasteiger partial charge in [0, 0.05) is 31.7 Å². The summed E-state index contributed by atoms with van der Waals surface area (Å²) in [6.45, 7) is 4.00. The molecule has 2 aliphatic rings. The first-order valence-electron chi connectivity index (χ1n) is 9.04. The predicted molar refractivity (Wildman–Crippen MR) is 95.1 cm³/mol. The maximum atomic E-state index is 12.4. The summed E-state index contributed by atoms with van der Waals surface area (Å²) in [7, 11) is 0. The van der Waals surface area contributed by atoms with Gasteiger partial charge in [-0.2, -0.15) is 0 Å². The van der Waals surface area contributed by atoms with Crippen LogP contribution in [-0.2, 0) is 20.8 Å². The van der Waals surface area contributed by atoms with Crippen LogP contribution in [0.25, 0.3) is 0 Å². The molecule has 6 heteroatoms. The van der Waals surface area contributed by atoms with Crippen molar-refractivity contribution in [2.75, 3.05) is 31.1 Å². The molecule has 2 heterocycles. The van der Waals surface area contributed by atoms with E-state index in [0.29, 0.717) is 6.54 Å². The minimum absolute atomic E-state index is 0.0229. The van der Waals surface area contributed by atoms with Gasteiger partial charge in [0.2, 0.25) is 17.7 Å². The van der Waals surface area contributed by atoms with Crippen molar-refractivity contribution in [2.45, 2.75) is 32.6 Å². The van der Waals surface area contributed by atoms with E-state index in [-0.39, 0.29) is 30.7 Å². The van der Waals surface area contributed by atoms with Crippen LogP contribution in [-0.4, -0.2) is 48.8 Å². The van der Waals surface area contributed by atoms with E-state index in [4.69, 9.17) is 0 Å². The van der Waals surface area contributed by atoms with Gasteiger partial charge in [-0.05, 0) is 30.9 Å². The van der Waals surface area contributed by atoms with Gasteiger partial charge in [0.05, 0.1) is 12.5 Å². The lowest BCUT2D eigenvalue weighted by atomic mass is 10.1. The Morgan fingerprint density at radius 3 is 2.64 bits per heavy atom. The van der Waals surface area contributed by atoms with Gasteiger partial charge in [-0.3, -0.25) is 14.4 Å². The van der Waals surface area contributed by atoms with E-state index >= 15 is 0 Å². The van der Waals surface area contributed by atoms with Crippen molar-refractivity contribution in [3.05, 3.63) is 29.8 Å². The molecular weight excluding hydrogens is 318 g/mol. The first-order valence-corrected chi connectivity index (χ1v) is 9.04. The summed E-state index contributed by atoms with van der Waals surface area (Å²) in [5.41, 5.74) is 1.99. The number of hydrogen-bond donors (Lipinski definition) is 1. The minimum Gasteiger partial charge on any atom is -0.347 e. The highest BCUT2D eigenvalue weighted by molar-refractivity contribution is 6.01. The van der Waals surface area contributed by atoms with Crippen molar-refractivity contribution < 1.29 is 14.4 Å². The molecule has 1 atom stereocenters. The highest BCUT2D eigenvalue weighted by atomic mass is 16.2. The van der Waals surface area contributed by atoms with Crippen molar-refractivity contribution in [2.24, 2.45) is 5.92 Å². The third kappa shape index (κ3) is 3.83. The predicted octanol–water partition coefficient (Wildman–Crippen LogP) is 1.34. The minimum atomic E-state index is -0.399. The second-order valence-electron chi connectivity index (χ2n) is 6.69. The molecule has 1 aromatic rings. The standard InChI is InChI=1S/C19H25N3O3/c1-2-14-7-3-4-8-16(14)22-13-15(11-17(22)23)19(25)20-12-18(24)21-9-5-6-10-21/h3-4,7-8,15H,2,5-6,9-13H2,1H3,(H,20,25). The molecule has 134 valence electrons. The molecule has 1 aromatic carbocycles. The number of benzene rings is 1. The van der Waals surface area contributed by atoms with Crippen LogP contribution in [0.3, 0.4) is 0 Å². The molecule has 0 aliphatic carbocycles. The van der Waals surface area contributed by atoms with Gasteiger partial charge in [0.1, 0.15) is 0 Å². The molecule has 3 rings (SSSR count). The zero-order valence-corrected chi connectivity index (χ0v) is 14.7. The molecule has 0 aromatic heterocycles. The number of likely N-dealkylation sites (tertiary alicyclic amines) is 1. The fourth-order valence-electron chi connectivity index (χ4n) is 3.57. The van der Waals surface area contributed by atoms with Crippen LogP contribution in [0.4, 0.5) is 5.69 Å². The fraction of sp³-hybridized carbons (Fsp3) is 0.526. The van der Waals surface area contributed by atoms with Crippen molar-refractivity contribution in [3.8, 4) is 0 Å². The van der Waals surface area contributed by atoms with Crippen LogP contribution in [0.5, 0.6) is 0 Å². The molecule has 3 amide bonds. The number of nitrogens with one attached hydrogen (secondary N) is 1. The Bertz CT molecular complexity index is 668. The van der Waals surface area contributed by atoms with Crippen LogP contribution in [0, 0.1) is 5.92 Å². The van der Waals surface area contributed by atoms with Crippen LogP contribution in [0.2, 0.25) is 0 Å². The molecule has 0 radical (unpaired) electrons. The summed E-state index contributed by atoms with van der Waals surface area (Å²) < 4.78 is 0. The SMILES string of the molecule is CCc1ccccc1N1CC(C(=O)NCC(=O)N2CCCC2)CC1=O. The van der Waals surface area contributed by atoms with E-state index in [9.17, 15) is 14.4 Å². The molecule has 25 heavy (non-hydrogen) atoms. The lowest BCUT2D eigenvalue weighted by Gasteiger charge is -2.20. The number of anilines is 1. The number of amides is 3. The quantitative estimate of drug-likeness (QED) is 0.877. The summed E-state index contributed by atoms with van der Waals surface area (Å²) in [5, 5.41) is 2.71. The van der Waals surface area contributed by atoms with E-state index in [1.807, 2.05) is 31.2 Å². The first kappa shape index (κ1) is 17.5. The lowest BCUT2D eigenvalue weighted by Crippen LogP contribution is -2.41. The zero-order chi connectivity index (χ0) is 17.8. The van der Waals surface area contributed by atoms with E-state index in [1.54, 1.807) is 9.80 Å². The number of carbonyl (C=O) groups is 3. The molecule has 0 spiro atoms. The van der Waals surface area contributed by atoms with E-state index in [0.717, 1.165) is 43.6 Å². The summed E-state index contributed by atoms with van der Waals surface area (Å²) in [5.74, 6) is -0.684. The molecule has 6 nitrogen and oxygen atoms in total. The Balaban J connectivity index is 1.58. The number of aryl methyl sites for hydroxylation is 1. The first-order chi connectivity index (χ1) is 12.1. The number of para-hydroxylation sites is 1. The Morgan fingerprint density at radius 2 is 1.92 bits per heavy atom. The van der Waals surface area contributed by atoms with Gasteiger partial charge in [-0.25, -0.2) is 0 Å². The van der Waals surface area contributed by atoms with Gasteiger partial charge in [0.15, 0.2) is 0 Å². The van der Waals surface area contributed by atoms with E-state index < -0.39 is 5.92 Å². The van der Waals surface area contributed by atoms with Gasteiger partial charge in [-0.15, -0.1) is 0 Å². The number of carbonyl (C=O) groups excluding carboxylic acids is 3. The Kier molecular flexibility index (Phi) is 5.36. The van der Waals surface area contributed by atoms with E-state index in [1.165, 1.54) is 0 Å². The maximum absolute atomic E-state index is 12.4. The molecule has 0 bridgehead atoms. The Labute approximate surface area is 148 Å². The van der Waals surface area contributed by atoms with Crippen LogP contribution in [0.1, 0.15) is 31.7 Å². The fourth-order valence-corrected chi connectivity index (χ4v) is 3.57. The normalized spacial score (nSPS) is 20.2. The number of rotatable bonds is 5. The van der Waals surface area contributed by atoms with Crippen LogP contribution in [0.15, 0.2) is 24.3 Å². The molecule has 2 aliphatic heterocycles. The average molecular weight is 343 g/mol. The topological polar surface area (TPSA) is 69.7 Å². The van der Waals surface area contributed by atoms with Crippen LogP contribution >= 0.6 is 0 Å². The zero-order valence-electron chi connectivity index (χ0n) is 14.7. The molecule has 0 saturated carbocycles. The molecule has 2 saturated heterocycles. The summed E-state index contributed by atoms with van der Waals surface area (Å²) >= 11 is 0. The Hall–Kier alpha value is -2.37. The summed E-state index contributed by atoms with van der Waals surface area (Å²) in [6, 6.07) is 7.79. The van der Waals surface area contributed by atoms with Gasteiger partial charge in [0.25, 0.3) is 0 Å². The van der Waals surface area contributed by atoms with Crippen molar-refractivity contribution in [1.82, 2.24) is 10.2 Å². The summed E-state index contributed by atoms with van der Waals surface area (Å²) in [6.07, 6.45) is 3.09. The monoisotopic (exact) mass is 343 g/mol. The van der Waals surface area contributed by atoms with Gasteiger partial charge >= 0.3 is 0 Å². The smallest absolute Gasteiger partial charge is 0.241 e. The third-order valence-corrected chi connectivity index (χ3v) is 5.03. The number of hydrogen-bond acceptors (Lipinski definition) is 3. The number of nitrogens with zero attached hydrogens (tertiary/aromatic N) is 2. The Morgan fingerprint density at radius 1 is 1.20 bits per heavy atom. The van der Waals surface area contributed by atoms with Crippen molar-refractivity contribution in [3.63, 3.8) is 0 Å². The summed E-state index contributed by atoms with van der Waals surface area (Å²) in [4.78, 5) is 40.3. The third-order valence-electron chi connectivity index (χ3n) is 5.03. The molecule has 1 unspecified atom stereocenters. The van der Waals surface area contributed by atoms with E-state index in [2.05, 4.69) is 5.32 Å². The second-order valence-corrected chi connectivity index (χ2v) is 6.69.